The zero-order chi connectivity index (χ0) is 13.4. The average Bonchev–Trinajstić information content (AvgIpc) is 2.75. The lowest BCUT2D eigenvalue weighted by molar-refractivity contribution is 0.0791. The normalized spacial score (nSPS) is 58.7. The Hall–Kier alpha value is 0. The molecule has 0 aromatic carbocycles. The minimum Gasteiger partial charge on any atom is -0.0625 e. The first-order chi connectivity index (χ1) is 9.00. The van der Waals surface area contributed by atoms with Crippen molar-refractivity contribution in [2.24, 2.45) is 52.8 Å². The van der Waals surface area contributed by atoms with Crippen LogP contribution in [0.3, 0.4) is 0 Å². The van der Waals surface area contributed by atoms with Crippen molar-refractivity contribution < 1.29 is 0 Å². The van der Waals surface area contributed by atoms with Crippen LogP contribution in [0.1, 0.15) is 66.2 Å². The van der Waals surface area contributed by atoms with E-state index in [-0.39, 0.29) is 0 Å². The molecule has 108 valence electrons. The molecule has 4 rings (SSSR count). The van der Waals surface area contributed by atoms with Gasteiger partial charge in [-0.25, -0.2) is 0 Å². The second kappa shape index (κ2) is 4.01. The molecule has 0 nitrogen and oxygen atoms in total. The van der Waals surface area contributed by atoms with Gasteiger partial charge < -0.3 is 0 Å². The topological polar surface area (TPSA) is 0 Å². The summed E-state index contributed by atoms with van der Waals surface area (Å²) in [6, 6.07) is 0. The molecule has 4 aliphatic carbocycles. The third-order valence-electron chi connectivity index (χ3n) is 7.97. The third-order valence-corrected chi connectivity index (χ3v) is 7.97. The molecule has 0 saturated heterocycles. The van der Waals surface area contributed by atoms with Crippen molar-refractivity contribution in [3.05, 3.63) is 0 Å². The summed E-state index contributed by atoms with van der Waals surface area (Å²) in [5.41, 5.74) is 0.692. The quantitative estimate of drug-likeness (QED) is 0.549. The van der Waals surface area contributed by atoms with Crippen LogP contribution in [-0.4, -0.2) is 0 Å². The summed E-state index contributed by atoms with van der Waals surface area (Å²) in [7, 11) is 0. The maximum absolute atomic E-state index is 2.60. The van der Waals surface area contributed by atoms with E-state index < -0.39 is 0 Å². The van der Waals surface area contributed by atoms with Gasteiger partial charge in [0.2, 0.25) is 0 Å². The molecule has 0 radical (unpaired) electrons. The number of hydrogen-bond donors (Lipinski definition) is 0. The molecular weight excluding hydrogens is 228 g/mol. The van der Waals surface area contributed by atoms with Gasteiger partial charge in [-0.05, 0) is 78.4 Å². The van der Waals surface area contributed by atoms with Crippen molar-refractivity contribution in [1.29, 1.82) is 0 Å². The first kappa shape index (κ1) is 12.7. The van der Waals surface area contributed by atoms with E-state index in [1.165, 1.54) is 0 Å². The molecule has 0 aromatic heterocycles. The monoisotopic (exact) mass is 260 g/mol. The molecule has 0 amide bonds. The van der Waals surface area contributed by atoms with E-state index in [1.54, 1.807) is 38.5 Å². The zero-order valence-corrected chi connectivity index (χ0v) is 13.4. The molecule has 0 bridgehead atoms. The fourth-order valence-corrected chi connectivity index (χ4v) is 7.28. The van der Waals surface area contributed by atoms with Crippen molar-refractivity contribution in [2.45, 2.75) is 66.2 Å². The molecule has 0 aromatic rings. The second-order valence-electron chi connectivity index (χ2n) is 9.34. The molecule has 19 heavy (non-hydrogen) atoms. The Morgan fingerprint density at radius 1 is 0.895 bits per heavy atom. The lowest BCUT2D eigenvalue weighted by atomic mass is 9.65. The van der Waals surface area contributed by atoms with Crippen LogP contribution >= 0.6 is 0 Å². The molecule has 0 heteroatoms. The molecule has 4 aliphatic rings. The van der Waals surface area contributed by atoms with E-state index in [2.05, 4.69) is 27.7 Å². The van der Waals surface area contributed by atoms with Crippen molar-refractivity contribution in [3.63, 3.8) is 0 Å². The minimum atomic E-state index is 0.692. The van der Waals surface area contributed by atoms with Crippen LogP contribution in [0.15, 0.2) is 0 Å². The van der Waals surface area contributed by atoms with Gasteiger partial charge >= 0.3 is 0 Å². The van der Waals surface area contributed by atoms with Gasteiger partial charge in [-0.3, -0.25) is 0 Å². The molecule has 0 heterocycles. The molecular formula is C19H32. The first-order valence-corrected chi connectivity index (χ1v) is 9.00. The summed E-state index contributed by atoms with van der Waals surface area (Å²) in [5, 5.41) is 0. The van der Waals surface area contributed by atoms with Gasteiger partial charge in [0.15, 0.2) is 0 Å². The van der Waals surface area contributed by atoms with Crippen LogP contribution in [0.2, 0.25) is 0 Å². The van der Waals surface area contributed by atoms with Gasteiger partial charge in [0.1, 0.15) is 0 Å². The number of rotatable bonds is 0. The summed E-state index contributed by atoms with van der Waals surface area (Å²) in [4.78, 5) is 0. The summed E-state index contributed by atoms with van der Waals surface area (Å²) in [5.74, 6) is 8.63. The Labute approximate surface area is 119 Å². The maximum atomic E-state index is 2.60. The van der Waals surface area contributed by atoms with Crippen molar-refractivity contribution >= 4 is 0 Å². The highest BCUT2D eigenvalue weighted by Crippen LogP contribution is 2.72. The van der Waals surface area contributed by atoms with Crippen LogP contribution in [0.25, 0.3) is 0 Å². The predicted molar refractivity (Wildman–Crippen MR) is 80.8 cm³/mol. The fourth-order valence-electron chi connectivity index (χ4n) is 7.28. The van der Waals surface area contributed by atoms with E-state index in [0.717, 1.165) is 47.3 Å². The Morgan fingerprint density at radius 3 is 2.47 bits per heavy atom. The van der Waals surface area contributed by atoms with Gasteiger partial charge in [-0.15, -0.1) is 0 Å². The van der Waals surface area contributed by atoms with E-state index in [4.69, 9.17) is 0 Å². The zero-order valence-electron chi connectivity index (χ0n) is 13.4. The molecule has 8 atom stereocenters. The SMILES string of the molecule is C[C@@H]1C[C@H]2CCC[C@@H]3[C@@H]([C@@H]2C1)[C@H](C)C[C@@H]1[C@H]3C1(C)C. The predicted octanol–water partition coefficient (Wildman–Crippen LogP) is 5.38. The summed E-state index contributed by atoms with van der Waals surface area (Å²) in [6.45, 7) is 10.3. The standard InChI is InChI=1S/C19H32/c1-11-8-13-6-5-7-14-17(15(13)9-11)12(2)10-16-18(14)19(16,3)4/h11-18H,5-10H2,1-4H3/t11-,12-,13-,14-,15-,16-,17+,18+/m1/s1. The number of fused-ring (bicyclic) bond motifs is 5. The van der Waals surface area contributed by atoms with Crippen LogP contribution in [0.4, 0.5) is 0 Å². The Kier molecular flexibility index (Phi) is 2.69. The summed E-state index contributed by atoms with van der Waals surface area (Å²) >= 11 is 0. The highest BCUT2D eigenvalue weighted by atomic mass is 14.7. The van der Waals surface area contributed by atoms with E-state index >= 15 is 0 Å². The minimum absolute atomic E-state index is 0.692. The van der Waals surface area contributed by atoms with Crippen LogP contribution in [0, 0.1) is 52.8 Å². The van der Waals surface area contributed by atoms with Gasteiger partial charge in [-0.2, -0.15) is 0 Å². The highest BCUT2D eigenvalue weighted by Gasteiger charge is 2.66. The van der Waals surface area contributed by atoms with Gasteiger partial charge in [0.05, 0.1) is 0 Å². The summed E-state index contributed by atoms with van der Waals surface area (Å²) < 4.78 is 0. The highest BCUT2D eigenvalue weighted by molar-refractivity contribution is 5.14. The van der Waals surface area contributed by atoms with Crippen molar-refractivity contribution in [3.8, 4) is 0 Å². The molecule has 0 unspecified atom stereocenters. The third kappa shape index (κ3) is 1.70. The smallest absolute Gasteiger partial charge is 0.0289 e. The number of hydrogen-bond acceptors (Lipinski definition) is 0. The van der Waals surface area contributed by atoms with Crippen LogP contribution < -0.4 is 0 Å². The molecule has 0 aliphatic heterocycles. The molecule has 4 fully saturated rings. The van der Waals surface area contributed by atoms with E-state index in [0.29, 0.717) is 5.41 Å². The average molecular weight is 260 g/mol. The van der Waals surface area contributed by atoms with Crippen molar-refractivity contribution in [1.82, 2.24) is 0 Å². The fraction of sp³-hybridized carbons (Fsp3) is 1.00. The molecule has 4 saturated carbocycles. The largest absolute Gasteiger partial charge is 0.0625 e. The second-order valence-corrected chi connectivity index (χ2v) is 9.34. The van der Waals surface area contributed by atoms with Crippen LogP contribution in [0.5, 0.6) is 0 Å². The Morgan fingerprint density at radius 2 is 1.68 bits per heavy atom. The van der Waals surface area contributed by atoms with Crippen LogP contribution in [-0.2, 0) is 0 Å². The summed E-state index contributed by atoms with van der Waals surface area (Å²) in [6.07, 6.45) is 9.34. The lowest BCUT2D eigenvalue weighted by Crippen LogP contribution is -2.34. The molecule has 0 spiro atoms. The Balaban J connectivity index is 1.65. The first-order valence-electron chi connectivity index (χ1n) is 9.00. The van der Waals surface area contributed by atoms with Crippen molar-refractivity contribution in [2.75, 3.05) is 0 Å². The van der Waals surface area contributed by atoms with E-state index in [1.807, 2.05) is 0 Å². The molecule has 0 N–H and O–H groups in total. The maximum Gasteiger partial charge on any atom is -0.0289 e. The Bertz CT molecular complexity index is 368. The van der Waals surface area contributed by atoms with E-state index in [9.17, 15) is 0 Å². The van der Waals surface area contributed by atoms with Gasteiger partial charge in [0, 0.05) is 0 Å². The lowest BCUT2D eigenvalue weighted by Gasteiger charge is -2.40. The van der Waals surface area contributed by atoms with Gasteiger partial charge in [-0.1, -0.05) is 40.5 Å². The van der Waals surface area contributed by atoms with Gasteiger partial charge in [0.25, 0.3) is 0 Å².